The Bertz CT molecular complexity index is 3420. The fourth-order valence-electron chi connectivity index (χ4n) is 8.56. The predicted molar refractivity (Wildman–Crippen MR) is 236 cm³/mol. The van der Waals surface area contributed by atoms with Gasteiger partial charge in [-0.2, -0.15) is 0 Å². The molecule has 0 N–H and O–H groups in total. The monoisotopic (exact) mass is 746 g/mol. The summed E-state index contributed by atoms with van der Waals surface area (Å²) in [6, 6.07) is 63.6. The second kappa shape index (κ2) is 12.6. The number of hydrogen-bond acceptors (Lipinski definition) is 5. The summed E-state index contributed by atoms with van der Waals surface area (Å²) < 4.78 is 12.0. The van der Waals surface area contributed by atoms with E-state index in [1.165, 1.54) is 30.9 Å². The molecule has 4 aromatic heterocycles. The van der Waals surface area contributed by atoms with Gasteiger partial charge in [-0.3, -0.25) is 0 Å². The summed E-state index contributed by atoms with van der Waals surface area (Å²) in [5, 5.41) is 6.87. The Balaban J connectivity index is 1.22. The molecule has 0 saturated heterocycles. The third-order valence-electron chi connectivity index (χ3n) is 11.1. The Kier molecular flexibility index (Phi) is 7.03. The summed E-state index contributed by atoms with van der Waals surface area (Å²) in [4.78, 5) is 15.5. The van der Waals surface area contributed by atoms with E-state index in [2.05, 4.69) is 126 Å². The summed E-state index contributed by atoms with van der Waals surface area (Å²) in [5.74, 6) is 1.81. The van der Waals surface area contributed by atoms with Gasteiger partial charge in [0.2, 0.25) is 0 Å². The number of thiophene rings is 1. The SMILES string of the molecule is c1ccc(-c2nc(-c3ccccc3)nc(-c3ccc(-c4cccc5c4sc4ccccc45)c4oc5cccc(-n6c7ccccc7c7ccccc76)c5c34)n2)cc1. The fourth-order valence-corrected chi connectivity index (χ4v) is 9.79. The first kappa shape index (κ1) is 31.9. The van der Waals surface area contributed by atoms with Crippen molar-refractivity contribution < 1.29 is 4.42 Å². The van der Waals surface area contributed by atoms with Gasteiger partial charge in [0.05, 0.1) is 22.1 Å². The highest BCUT2D eigenvalue weighted by atomic mass is 32.1. The average Bonchev–Trinajstić information content (AvgIpc) is 3.97. The quantitative estimate of drug-likeness (QED) is 0.176. The minimum atomic E-state index is 0.582. The zero-order valence-electron chi connectivity index (χ0n) is 30.4. The molecule has 0 fully saturated rings. The van der Waals surface area contributed by atoms with Gasteiger partial charge in [-0.25, -0.2) is 15.0 Å². The van der Waals surface area contributed by atoms with Gasteiger partial charge in [0.15, 0.2) is 17.5 Å². The number of rotatable bonds is 5. The molecule has 0 bridgehead atoms. The number of aromatic nitrogens is 4. The molecule has 12 rings (SSSR count). The number of benzene rings is 8. The molecule has 6 heteroatoms. The zero-order valence-corrected chi connectivity index (χ0v) is 31.2. The molecule has 12 aromatic rings. The third kappa shape index (κ3) is 4.91. The highest BCUT2D eigenvalue weighted by molar-refractivity contribution is 7.26. The molecule has 0 amide bonds. The molecule has 5 nitrogen and oxygen atoms in total. The third-order valence-corrected chi connectivity index (χ3v) is 12.3. The van der Waals surface area contributed by atoms with E-state index in [1.807, 2.05) is 72.0 Å². The van der Waals surface area contributed by atoms with E-state index in [4.69, 9.17) is 19.4 Å². The minimum absolute atomic E-state index is 0.582. The number of hydrogen-bond donors (Lipinski definition) is 0. The van der Waals surface area contributed by atoms with E-state index in [0.717, 1.165) is 66.5 Å². The smallest absolute Gasteiger partial charge is 0.164 e. The maximum absolute atomic E-state index is 7.14. The van der Waals surface area contributed by atoms with Crippen molar-refractivity contribution in [1.82, 2.24) is 19.5 Å². The van der Waals surface area contributed by atoms with E-state index in [1.54, 1.807) is 0 Å². The summed E-state index contributed by atoms with van der Waals surface area (Å²) in [6.45, 7) is 0. The van der Waals surface area contributed by atoms with Crippen molar-refractivity contribution in [2.75, 3.05) is 0 Å². The van der Waals surface area contributed by atoms with Crippen LogP contribution in [0.2, 0.25) is 0 Å². The normalized spacial score (nSPS) is 11.9. The van der Waals surface area contributed by atoms with Crippen molar-refractivity contribution in [3.05, 3.63) is 182 Å². The average molecular weight is 747 g/mol. The number of nitrogens with zero attached hydrogens (tertiary/aromatic N) is 4. The maximum Gasteiger partial charge on any atom is 0.164 e. The molecule has 0 spiro atoms. The van der Waals surface area contributed by atoms with E-state index in [9.17, 15) is 0 Å². The summed E-state index contributed by atoms with van der Waals surface area (Å²) in [5.41, 5.74) is 9.76. The van der Waals surface area contributed by atoms with Gasteiger partial charge >= 0.3 is 0 Å². The number of para-hydroxylation sites is 2. The lowest BCUT2D eigenvalue weighted by Crippen LogP contribution is -2.01. The first-order valence-electron chi connectivity index (χ1n) is 19.0. The molecule has 8 aromatic carbocycles. The summed E-state index contributed by atoms with van der Waals surface area (Å²) in [6.07, 6.45) is 0. The van der Waals surface area contributed by atoms with Crippen molar-refractivity contribution in [3.8, 4) is 51.0 Å². The Hall–Kier alpha value is -7.41. The largest absolute Gasteiger partial charge is 0.455 e. The first-order chi connectivity index (χ1) is 28.3. The van der Waals surface area contributed by atoms with Crippen LogP contribution in [0.4, 0.5) is 0 Å². The molecular weight excluding hydrogens is 717 g/mol. The highest BCUT2D eigenvalue weighted by Crippen LogP contribution is 2.48. The van der Waals surface area contributed by atoms with E-state index in [0.29, 0.717) is 17.5 Å². The van der Waals surface area contributed by atoms with Gasteiger partial charge < -0.3 is 8.98 Å². The van der Waals surface area contributed by atoms with Crippen LogP contribution in [-0.4, -0.2) is 19.5 Å². The van der Waals surface area contributed by atoms with Crippen molar-refractivity contribution in [2.45, 2.75) is 0 Å². The summed E-state index contributed by atoms with van der Waals surface area (Å²) >= 11 is 1.82. The zero-order chi connectivity index (χ0) is 37.5. The molecule has 57 heavy (non-hydrogen) atoms. The van der Waals surface area contributed by atoms with Crippen LogP contribution in [0.1, 0.15) is 0 Å². The Morgan fingerprint density at radius 1 is 0.404 bits per heavy atom. The van der Waals surface area contributed by atoms with Gasteiger partial charge in [0.1, 0.15) is 11.2 Å². The van der Waals surface area contributed by atoms with Gasteiger partial charge in [-0.05, 0) is 42.5 Å². The molecular formula is C51H30N4OS. The molecule has 4 heterocycles. The lowest BCUT2D eigenvalue weighted by atomic mass is 9.96. The van der Waals surface area contributed by atoms with Gasteiger partial charge in [-0.1, -0.05) is 140 Å². The number of fused-ring (bicyclic) bond motifs is 9. The second-order valence-corrected chi connectivity index (χ2v) is 15.4. The summed E-state index contributed by atoms with van der Waals surface area (Å²) in [7, 11) is 0. The van der Waals surface area contributed by atoms with E-state index < -0.39 is 0 Å². The number of furan rings is 1. The van der Waals surface area contributed by atoms with Crippen LogP contribution in [0.5, 0.6) is 0 Å². The maximum atomic E-state index is 7.14. The standard InChI is InChI=1S/C51H30N4OS/c1-3-15-31(16-4-1)49-52-50(32-17-5-2-6-18-32)54-51(53-49)39-30-29-36(38-23-13-22-37-35-21-9-12-28-44(35)57-48(37)38)47-45(39)46-42(26-14-27-43(46)56-47)55-40-24-10-7-19-33(40)34-20-8-11-25-41(34)55/h1-30H. The van der Waals surface area contributed by atoms with Crippen molar-refractivity contribution in [3.63, 3.8) is 0 Å². The molecule has 266 valence electrons. The molecule has 0 unspecified atom stereocenters. The minimum Gasteiger partial charge on any atom is -0.455 e. The Morgan fingerprint density at radius 2 is 0.965 bits per heavy atom. The fraction of sp³-hybridized carbons (Fsp3) is 0. The van der Waals surface area contributed by atoms with Crippen LogP contribution in [0.15, 0.2) is 186 Å². The van der Waals surface area contributed by atoms with Crippen molar-refractivity contribution in [2.24, 2.45) is 0 Å². The van der Waals surface area contributed by atoms with Gasteiger partial charge in [0, 0.05) is 64.1 Å². The molecule has 0 aliphatic heterocycles. The molecule has 0 aliphatic carbocycles. The van der Waals surface area contributed by atoms with Gasteiger partial charge in [0.25, 0.3) is 0 Å². The van der Waals surface area contributed by atoms with Crippen LogP contribution < -0.4 is 0 Å². The molecule has 0 saturated carbocycles. The lowest BCUT2D eigenvalue weighted by Gasteiger charge is -2.13. The molecule has 0 aliphatic rings. The Morgan fingerprint density at radius 3 is 1.67 bits per heavy atom. The van der Waals surface area contributed by atoms with Crippen LogP contribution in [-0.2, 0) is 0 Å². The highest BCUT2D eigenvalue weighted by Gasteiger charge is 2.25. The second-order valence-electron chi connectivity index (χ2n) is 14.3. The Labute approximate surface area is 330 Å². The van der Waals surface area contributed by atoms with Crippen LogP contribution in [0, 0.1) is 0 Å². The van der Waals surface area contributed by atoms with Gasteiger partial charge in [-0.15, -0.1) is 11.3 Å². The topological polar surface area (TPSA) is 56.7 Å². The molecule has 0 atom stereocenters. The molecule has 0 radical (unpaired) electrons. The first-order valence-corrected chi connectivity index (χ1v) is 19.8. The van der Waals surface area contributed by atoms with Crippen molar-refractivity contribution >= 4 is 75.3 Å². The predicted octanol–water partition coefficient (Wildman–Crippen LogP) is 13.9. The lowest BCUT2D eigenvalue weighted by molar-refractivity contribution is 0.670. The van der Waals surface area contributed by atoms with Crippen LogP contribution >= 0.6 is 11.3 Å². The van der Waals surface area contributed by atoms with E-state index >= 15 is 0 Å². The van der Waals surface area contributed by atoms with Crippen molar-refractivity contribution in [1.29, 1.82) is 0 Å². The van der Waals surface area contributed by atoms with Crippen LogP contribution in [0.25, 0.3) is 115 Å². The van der Waals surface area contributed by atoms with E-state index in [-0.39, 0.29) is 0 Å². The van der Waals surface area contributed by atoms with Crippen LogP contribution in [0.3, 0.4) is 0 Å².